The van der Waals surface area contributed by atoms with E-state index in [0.717, 1.165) is 28.0 Å². The van der Waals surface area contributed by atoms with Crippen LogP contribution in [0.4, 0.5) is 0 Å². The monoisotopic (exact) mass is 326 g/mol. The summed E-state index contributed by atoms with van der Waals surface area (Å²) in [5, 5.41) is 4.63. The fraction of sp³-hybridized carbons (Fsp3) is 0.120. The van der Waals surface area contributed by atoms with E-state index < -0.39 is 0 Å². The van der Waals surface area contributed by atoms with Crippen molar-refractivity contribution in [1.29, 1.82) is 0 Å². The predicted molar refractivity (Wildman–Crippen MR) is 115 cm³/mol. The predicted octanol–water partition coefficient (Wildman–Crippen LogP) is 5.48. The average molecular weight is 326 g/mol. The number of benzene rings is 2. The molecule has 0 nitrogen and oxygen atoms in total. The van der Waals surface area contributed by atoms with Crippen molar-refractivity contribution in [1.82, 2.24) is 0 Å². The quantitative estimate of drug-likeness (QED) is 0.617. The highest BCUT2D eigenvalue weighted by atomic mass is 14.1. The third-order valence-corrected chi connectivity index (χ3v) is 4.37. The van der Waals surface area contributed by atoms with Gasteiger partial charge in [-0.15, -0.1) is 0 Å². The van der Waals surface area contributed by atoms with E-state index in [4.69, 9.17) is 0 Å². The second kappa shape index (κ2) is 8.30. The minimum Gasteiger partial charge on any atom is -0.0991 e. The van der Waals surface area contributed by atoms with E-state index in [0.29, 0.717) is 0 Å². The molecule has 0 saturated carbocycles. The van der Waals surface area contributed by atoms with Gasteiger partial charge in [-0.05, 0) is 62.9 Å². The Bertz CT molecular complexity index is 994. The minimum atomic E-state index is 0.874. The minimum absolute atomic E-state index is 0.874. The van der Waals surface area contributed by atoms with Gasteiger partial charge in [-0.3, -0.25) is 0 Å². The molecule has 2 rings (SSSR count). The highest BCUT2D eigenvalue weighted by Crippen LogP contribution is 2.20. The lowest BCUT2D eigenvalue weighted by Crippen LogP contribution is -2.29. The molecule has 0 spiro atoms. The fourth-order valence-electron chi connectivity index (χ4n) is 3.09. The van der Waals surface area contributed by atoms with Gasteiger partial charge in [-0.1, -0.05) is 87.9 Å². The smallest absolute Gasteiger partial charge is 0.00992 e. The molecule has 0 aromatic heterocycles. The van der Waals surface area contributed by atoms with E-state index in [9.17, 15) is 0 Å². The van der Waals surface area contributed by atoms with Gasteiger partial charge in [0.25, 0.3) is 0 Å². The second-order valence-electron chi connectivity index (χ2n) is 5.97. The van der Waals surface area contributed by atoms with Crippen LogP contribution in [0.15, 0.2) is 79.5 Å². The molecule has 0 fully saturated rings. The number of hydrogen-bond donors (Lipinski definition) is 0. The third kappa shape index (κ3) is 3.80. The van der Waals surface area contributed by atoms with Crippen LogP contribution in [0.25, 0.3) is 29.5 Å². The molecule has 25 heavy (non-hydrogen) atoms. The van der Waals surface area contributed by atoms with Crippen LogP contribution >= 0.6 is 0 Å². The first-order chi connectivity index (χ1) is 12.0. The largest absolute Gasteiger partial charge is 0.0991 e. The summed E-state index contributed by atoms with van der Waals surface area (Å²) in [6.45, 7) is 20.6. The molecule has 126 valence electrons. The van der Waals surface area contributed by atoms with E-state index in [1.807, 2.05) is 12.2 Å². The molecule has 0 bridgehead atoms. The summed E-state index contributed by atoms with van der Waals surface area (Å²) in [5.41, 5.74) is 4.30. The zero-order valence-electron chi connectivity index (χ0n) is 15.3. The Labute approximate surface area is 151 Å². The van der Waals surface area contributed by atoms with E-state index >= 15 is 0 Å². The van der Waals surface area contributed by atoms with Crippen molar-refractivity contribution >= 4 is 29.5 Å². The van der Waals surface area contributed by atoms with Crippen LogP contribution in [0, 0.1) is 0 Å². The number of hydrogen-bond acceptors (Lipinski definition) is 0. The normalized spacial score (nSPS) is 12.3. The molecule has 0 N–H and O–H groups in total. The van der Waals surface area contributed by atoms with Crippen LogP contribution in [-0.4, -0.2) is 0 Å². The Morgan fingerprint density at radius 2 is 1.76 bits per heavy atom. The second-order valence-corrected chi connectivity index (χ2v) is 5.97. The zero-order chi connectivity index (χ0) is 18.4. The van der Waals surface area contributed by atoms with Crippen LogP contribution in [0.5, 0.6) is 0 Å². The van der Waals surface area contributed by atoms with E-state index in [-0.39, 0.29) is 0 Å². The standard InChI is InChI=1S/C25H26/c1-7-10-14-18(4)19(5)17-25-20(6)21(9-3)22(13-8-2)23-15-11-12-16-24(23)25/h7-8,10-17H,1,4-6,9H2,2-3H3/b13-8-,14-10-,25-17+. The van der Waals surface area contributed by atoms with Gasteiger partial charge in [0, 0.05) is 0 Å². The first-order valence-corrected chi connectivity index (χ1v) is 8.59. The molecule has 0 aliphatic rings. The first-order valence-electron chi connectivity index (χ1n) is 8.59. The number of allylic oxidation sites excluding steroid dienone is 6. The van der Waals surface area contributed by atoms with Crippen LogP contribution in [0.1, 0.15) is 25.0 Å². The van der Waals surface area contributed by atoms with E-state index in [2.05, 4.69) is 82.7 Å². The van der Waals surface area contributed by atoms with Crippen LogP contribution in [0.2, 0.25) is 0 Å². The summed E-state index contributed by atoms with van der Waals surface area (Å²) >= 11 is 0. The van der Waals surface area contributed by atoms with Crippen molar-refractivity contribution in [3.63, 3.8) is 0 Å². The van der Waals surface area contributed by atoms with Crippen molar-refractivity contribution in [2.45, 2.75) is 20.3 Å². The molecule has 0 atom stereocenters. The maximum absolute atomic E-state index is 4.39. The highest BCUT2D eigenvalue weighted by Gasteiger charge is 2.08. The van der Waals surface area contributed by atoms with E-state index in [1.54, 1.807) is 6.08 Å². The molecule has 0 heteroatoms. The number of fused-ring (bicyclic) bond motifs is 1. The Hall–Kier alpha value is -2.86. The summed E-state index contributed by atoms with van der Waals surface area (Å²) in [6.07, 6.45) is 12.8. The number of rotatable bonds is 6. The molecule has 2 aromatic carbocycles. The molecule has 0 amide bonds. The highest BCUT2D eigenvalue weighted by molar-refractivity contribution is 5.93. The van der Waals surface area contributed by atoms with Gasteiger partial charge in [-0.2, -0.15) is 0 Å². The maximum atomic E-state index is 4.39. The SMILES string of the molecule is C=C/C=C\C(=C)C(=C)/C=c1\c(=C)c(CC)c(/C=C\C)c2ccccc12. The van der Waals surface area contributed by atoms with Crippen molar-refractivity contribution in [2.24, 2.45) is 0 Å². The van der Waals surface area contributed by atoms with Gasteiger partial charge < -0.3 is 0 Å². The Kier molecular flexibility index (Phi) is 6.14. The first kappa shape index (κ1) is 18.5. The van der Waals surface area contributed by atoms with Gasteiger partial charge in [0.05, 0.1) is 0 Å². The van der Waals surface area contributed by atoms with Gasteiger partial charge in [0.1, 0.15) is 0 Å². The molecule has 0 radical (unpaired) electrons. The van der Waals surface area contributed by atoms with Crippen molar-refractivity contribution < 1.29 is 0 Å². The van der Waals surface area contributed by atoms with Crippen molar-refractivity contribution in [2.75, 3.05) is 0 Å². The fourth-order valence-corrected chi connectivity index (χ4v) is 3.09. The van der Waals surface area contributed by atoms with Crippen LogP contribution in [-0.2, 0) is 6.42 Å². The Morgan fingerprint density at radius 1 is 1.08 bits per heavy atom. The van der Waals surface area contributed by atoms with Crippen molar-refractivity contribution in [3.05, 3.63) is 101 Å². The summed E-state index contributed by atoms with van der Waals surface area (Å²) in [7, 11) is 0. The average Bonchev–Trinajstić information content (AvgIpc) is 2.63. The molecule has 0 saturated heterocycles. The summed E-state index contributed by atoms with van der Waals surface area (Å²) in [6, 6.07) is 8.48. The van der Waals surface area contributed by atoms with Gasteiger partial charge in [0.2, 0.25) is 0 Å². The zero-order valence-corrected chi connectivity index (χ0v) is 15.3. The van der Waals surface area contributed by atoms with Crippen LogP contribution < -0.4 is 10.4 Å². The lowest BCUT2D eigenvalue weighted by molar-refractivity contribution is 1.12. The molecule has 2 aromatic rings. The molecular weight excluding hydrogens is 300 g/mol. The van der Waals surface area contributed by atoms with Crippen molar-refractivity contribution in [3.8, 4) is 0 Å². The molecule has 0 aliphatic carbocycles. The third-order valence-electron chi connectivity index (χ3n) is 4.37. The Morgan fingerprint density at radius 3 is 2.36 bits per heavy atom. The van der Waals surface area contributed by atoms with Gasteiger partial charge in [0.15, 0.2) is 0 Å². The Balaban J connectivity index is 2.86. The summed E-state index contributed by atoms with van der Waals surface area (Å²) in [4.78, 5) is 0. The molecular formula is C25H26. The maximum Gasteiger partial charge on any atom is -0.00992 e. The summed E-state index contributed by atoms with van der Waals surface area (Å²) < 4.78 is 0. The van der Waals surface area contributed by atoms with Gasteiger partial charge >= 0.3 is 0 Å². The van der Waals surface area contributed by atoms with Gasteiger partial charge in [-0.25, -0.2) is 0 Å². The van der Waals surface area contributed by atoms with E-state index in [1.165, 1.54) is 21.9 Å². The molecule has 0 aliphatic heterocycles. The lowest BCUT2D eigenvalue weighted by Gasteiger charge is -2.12. The molecule has 0 heterocycles. The lowest BCUT2D eigenvalue weighted by atomic mass is 9.92. The topological polar surface area (TPSA) is 0 Å². The summed E-state index contributed by atoms with van der Waals surface area (Å²) in [5.74, 6) is 0. The van der Waals surface area contributed by atoms with Crippen LogP contribution in [0.3, 0.4) is 0 Å². The molecule has 0 unspecified atom stereocenters.